The highest BCUT2D eigenvalue weighted by Gasteiger charge is 2.29. The smallest absolute Gasteiger partial charge is 0.407 e. The number of carbonyl (C=O) groups excluding carboxylic acids is 2. The number of rotatable bonds is 11. The van der Waals surface area contributed by atoms with Gasteiger partial charge in [0.15, 0.2) is 0 Å². The van der Waals surface area contributed by atoms with Gasteiger partial charge in [0.25, 0.3) is 0 Å². The van der Waals surface area contributed by atoms with Gasteiger partial charge in [0.05, 0.1) is 5.92 Å². The van der Waals surface area contributed by atoms with Gasteiger partial charge in [-0.15, -0.1) is 0 Å². The average molecular weight is 453 g/mol. The molecule has 0 radical (unpaired) electrons. The molecule has 1 aliphatic rings. The van der Waals surface area contributed by atoms with Gasteiger partial charge >= 0.3 is 12.1 Å². The molecule has 2 amide bonds. The van der Waals surface area contributed by atoms with Crippen molar-refractivity contribution in [2.45, 2.75) is 51.5 Å². The highest BCUT2D eigenvalue weighted by Crippen LogP contribution is 2.44. The van der Waals surface area contributed by atoms with E-state index in [2.05, 4.69) is 34.9 Å². The molecule has 7 nitrogen and oxygen atoms in total. The average Bonchev–Trinajstić information content (AvgIpc) is 3.12. The predicted molar refractivity (Wildman–Crippen MR) is 126 cm³/mol. The first-order valence-corrected chi connectivity index (χ1v) is 11.6. The van der Waals surface area contributed by atoms with Crippen LogP contribution in [-0.2, 0) is 14.3 Å². The molecule has 0 saturated heterocycles. The largest absolute Gasteiger partial charge is 0.481 e. The van der Waals surface area contributed by atoms with Crippen LogP contribution in [0.4, 0.5) is 4.79 Å². The van der Waals surface area contributed by atoms with Crippen LogP contribution in [0.1, 0.15) is 56.6 Å². The first-order valence-electron chi connectivity index (χ1n) is 11.6. The maximum atomic E-state index is 12.5. The van der Waals surface area contributed by atoms with E-state index in [1.165, 1.54) is 0 Å². The van der Waals surface area contributed by atoms with Gasteiger partial charge in [-0.2, -0.15) is 0 Å². The lowest BCUT2D eigenvalue weighted by molar-refractivity contribution is -0.141. The Labute approximate surface area is 194 Å². The Morgan fingerprint density at radius 3 is 2.15 bits per heavy atom. The molecule has 7 heteroatoms. The molecule has 0 fully saturated rings. The number of alkyl carbamates (subject to hydrolysis) is 1. The minimum atomic E-state index is -0.931. The molecule has 0 spiro atoms. The Morgan fingerprint density at radius 2 is 1.61 bits per heavy atom. The normalized spacial score (nSPS) is 14.0. The molecule has 2 aromatic carbocycles. The van der Waals surface area contributed by atoms with Gasteiger partial charge in [0.2, 0.25) is 5.91 Å². The lowest BCUT2D eigenvalue weighted by Gasteiger charge is -2.20. The third kappa shape index (κ3) is 6.12. The fourth-order valence-corrected chi connectivity index (χ4v) is 4.32. The van der Waals surface area contributed by atoms with Crippen molar-refractivity contribution >= 4 is 18.0 Å². The van der Waals surface area contributed by atoms with Crippen molar-refractivity contribution in [2.75, 3.05) is 13.2 Å². The molecule has 2 atom stereocenters. The second kappa shape index (κ2) is 11.5. The van der Waals surface area contributed by atoms with E-state index in [4.69, 9.17) is 9.84 Å². The van der Waals surface area contributed by atoms with Crippen molar-refractivity contribution in [1.29, 1.82) is 0 Å². The topological polar surface area (TPSA) is 105 Å². The summed E-state index contributed by atoms with van der Waals surface area (Å²) in [5, 5.41) is 14.6. The molecule has 0 aromatic heterocycles. The summed E-state index contributed by atoms with van der Waals surface area (Å²) in [4.78, 5) is 36.0. The summed E-state index contributed by atoms with van der Waals surface area (Å²) in [6, 6.07) is 15.9. The third-order valence-electron chi connectivity index (χ3n) is 6.12. The van der Waals surface area contributed by atoms with Crippen LogP contribution in [0.2, 0.25) is 0 Å². The number of hydrogen-bond donors (Lipinski definition) is 3. The van der Waals surface area contributed by atoms with E-state index >= 15 is 0 Å². The van der Waals surface area contributed by atoms with E-state index in [-0.39, 0.29) is 37.4 Å². The number of amides is 2. The van der Waals surface area contributed by atoms with E-state index in [0.29, 0.717) is 12.8 Å². The quantitative estimate of drug-likeness (QED) is 0.471. The zero-order valence-electron chi connectivity index (χ0n) is 19.2. The second-order valence-electron chi connectivity index (χ2n) is 8.41. The van der Waals surface area contributed by atoms with Gasteiger partial charge in [-0.05, 0) is 35.1 Å². The Balaban J connectivity index is 1.55. The number of fused-ring (bicyclic) bond motifs is 3. The number of nitrogens with one attached hydrogen (secondary N) is 2. The number of carboxylic acid groups (broad SMARTS) is 1. The van der Waals surface area contributed by atoms with Crippen LogP contribution < -0.4 is 10.6 Å². The van der Waals surface area contributed by atoms with E-state index in [9.17, 15) is 14.4 Å². The minimum Gasteiger partial charge on any atom is -0.481 e. The Morgan fingerprint density at radius 1 is 1.00 bits per heavy atom. The standard InChI is InChI=1S/C26H32N2O5/c1-3-9-18(14-24(29)27-15-17(4-2)25(30)31)28-26(32)33-16-23-21-12-7-5-10-19(21)20-11-6-8-13-22(20)23/h5-8,10-13,17-18,23H,3-4,9,14-16H2,1-2H3,(H,27,29)(H,28,32)(H,30,31). The number of hydrogen-bond acceptors (Lipinski definition) is 4. The van der Waals surface area contributed by atoms with E-state index < -0.39 is 18.0 Å². The third-order valence-corrected chi connectivity index (χ3v) is 6.12. The summed E-state index contributed by atoms with van der Waals surface area (Å²) in [7, 11) is 0. The summed E-state index contributed by atoms with van der Waals surface area (Å²) in [6.07, 6.45) is 1.36. The van der Waals surface area contributed by atoms with Crippen LogP contribution in [0.15, 0.2) is 48.5 Å². The van der Waals surface area contributed by atoms with Gasteiger partial charge in [-0.25, -0.2) is 4.79 Å². The van der Waals surface area contributed by atoms with Crippen molar-refractivity contribution in [2.24, 2.45) is 5.92 Å². The number of benzene rings is 2. The van der Waals surface area contributed by atoms with Crippen LogP contribution in [0.5, 0.6) is 0 Å². The van der Waals surface area contributed by atoms with Crippen molar-refractivity contribution < 1.29 is 24.2 Å². The molecule has 0 saturated carbocycles. The van der Waals surface area contributed by atoms with Gasteiger partial charge in [-0.1, -0.05) is 68.8 Å². The molecule has 3 N–H and O–H groups in total. The van der Waals surface area contributed by atoms with Crippen molar-refractivity contribution in [3.8, 4) is 11.1 Å². The molecule has 0 bridgehead atoms. The summed E-state index contributed by atoms with van der Waals surface area (Å²) < 4.78 is 5.59. The Hall–Kier alpha value is -3.35. The van der Waals surface area contributed by atoms with E-state index in [1.807, 2.05) is 31.2 Å². The van der Waals surface area contributed by atoms with Crippen LogP contribution in [0.25, 0.3) is 11.1 Å². The fourth-order valence-electron chi connectivity index (χ4n) is 4.32. The molecular formula is C26H32N2O5. The summed E-state index contributed by atoms with van der Waals surface area (Å²) in [6.45, 7) is 4.03. The van der Waals surface area contributed by atoms with E-state index in [0.717, 1.165) is 28.7 Å². The van der Waals surface area contributed by atoms with Gasteiger partial charge in [0.1, 0.15) is 6.61 Å². The minimum absolute atomic E-state index is 0.0296. The zero-order chi connectivity index (χ0) is 23.8. The molecular weight excluding hydrogens is 420 g/mol. The molecule has 33 heavy (non-hydrogen) atoms. The summed E-state index contributed by atoms with van der Waals surface area (Å²) >= 11 is 0. The molecule has 1 aliphatic carbocycles. The number of ether oxygens (including phenoxy) is 1. The predicted octanol–water partition coefficient (Wildman–Crippen LogP) is 4.31. The monoisotopic (exact) mass is 452 g/mol. The second-order valence-corrected chi connectivity index (χ2v) is 8.41. The van der Waals surface area contributed by atoms with Crippen LogP contribution >= 0.6 is 0 Å². The number of aliphatic carboxylic acids is 1. The number of carbonyl (C=O) groups is 3. The van der Waals surface area contributed by atoms with Gasteiger partial charge in [0, 0.05) is 24.9 Å². The molecule has 2 unspecified atom stereocenters. The molecule has 0 heterocycles. The first kappa shape index (κ1) is 24.3. The van der Waals surface area contributed by atoms with Crippen LogP contribution in [0, 0.1) is 5.92 Å². The van der Waals surface area contributed by atoms with Gasteiger partial charge in [-0.3, -0.25) is 9.59 Å². The molecule has 0 aliphatic heterocycles. The van der Waals surface area contributed by atoms with Crippen molar-refractivity contribution in [1.82, 2.24) is 10.6 Å². The fraction of sp³-hybridized carbons (Fsp3) is 0.423. The SMILES string of the molecule is CCCC(CC(=O)NCC(CC)C(=O)O)NC(=O)OCC1c2ccccc2-c2ccccc21. The highest BCUT2D eigenvalue weighted by atomic mass is 16.5. The summed E-state index contributed by atoms with van der Waals surface area (Å²) in [5.74, 6) is -1.86. The van der Waals surface area contributed by atoms with Crippen LogP contribution in [0.3, 0.4) is 0 Å². The van der Waals surface area contributed by atoms with Crippen molar-refractivity contribution in [3.63, 3.8) is 0 Å². The first-order chi connectivity index (χ1) is 15.9. The van der Waals surface area contributed by atoms with E-state index in [1.54, 1.807) is 6.92 Å². The molecule has 176 valence electrons. The van der Waals surface area contributed by atoms with Gasteiger partial charge < -0.3 is 20.5 Å². The molecule has 3 rings (SSSR count). The summed E-state index contributed by atoms with van der Waals surface area (Å²) in [5.41, 5.74) is 4.60. The lowest BCUT2D eigenvalue weighted by atomic mass is 9.98. The highest BCUT2D eigenvalue weighted by molar-refractivity contribution is 5.80. The lowest BCUT2D eigenvalue weighted by Crippen LogP contribution is -2.41. The Kier molecular flexibility index (Phi) is 8.46. The number of carboxylic acids is 1. The zero-order valence-corrected chi connectivity index (χ0v) is 19.2. The van der Waals surface area contributed by atoms with Crippen LogP contribution in [-0.4, -0.2) is 42.3 Å². The maximum absolute atomic E-state index is 12.5. The maximum Gasteiger partial charge on any atom is 0.407 e. The van der Waals surface area contributed by atoms with Crippen molar-refractivity contribution in [3.05, 3.63) is 59.7 Å². The molecule has 2 aromatic rings. The Bertz CT molecular complexity index is 945.